The van der Waals surface area contributed by atoms with Crippen molar-refractivity contribution in [3.05, 3.63) is 0 Å². The van der Waals surface area contributed by atoms with Crippen molar-refractivity contribution in [3.63, 3.8) is 0 Å². The van der Waals surface area contributed by atoms with Crippen LogP contribution in [-0.4, -0.2) is 96.7 Å². The molecule has 85 heavy (non-hydrogen) atoms. The van der Waals surface area contributed by atoms with Gasteiger partial charge in [-0.3, -0.25) is 37.3 Å². The number of hydrogen-bond acceptors (Lipinski definition) is 15. The molecule has 3 N–H and O–H groups in total. The molecule has 0 heterocycles. The van der Waals surface area contributed by atoms with Crippen LogP contribution in [-0.2, 0) is 65.4 Å². The van der Waals surface area contributed by atoms with Crippen molar-refractivity contribution in [1.82, 2.24) is 0 Å². The zero-order chi connectivity index (χ0) is 62.9. The molecule has 0 saturated carbocycles. The van der Waals surface area contributed by atoms with Crippen molar-refractivity contribution in [2.75, 3.05) is 39.6 Å². The van der Waals surface area contributed by atoms with E-state index < -0.39 is 97.5 Å². The predicted octanol–water partition coefficient (Wildman–Crippen LogP) is 18.4. The fourth-order valence-corrected chi connectivity index (χ4v) is 11.5. The third-order valence-corrected chi connectivity index (χ3v) is 17.1. The zero-order valence-corrected chi connectivity index (χ0v) is 56.7. The molecule has 0 aromatic carbocycles. The quantitative estimate of drug-likeness (QED) is 0.0222. The van der Waals surface area contributed by atoms with E-state index in [9.17, 15) is 43.2 Å². The Labute approximate surface area is 517 Å². The van der Waals surface area contributed by atoms with Crippen molar-refractivity contribution in [2.45, 2.75) is 349 Å². The Balaban J connectivity index is 5.23. The highest BCUT2D eigenvalue weighted by molar-refractivity contribution is 7.47. The van der Waals surface area contributed by atoms with E-state index in [4.69, 9.17) is 37.0 Å². The van der Waals surface area contributed by atoms with E-state index in [-0.39, 0.29) is 25.7 Å². The van der Waals surface area contributed by atoms with E-state index in [2.05, 4.69) is 41.5 Å². The number of phosphoric acid groups is 2. The Hall–Kier alpha value is -1.94. The summed E-state index contributed by atoms with van der Waals surface area (Å²) in [6, 6.07) is 0. The van der Waals surface area contributed by atoms with Crippen LogP contribution in [0.1, 0.15) is 330 Å². The summed E-state index contributed by atoms with van der Waals surface area (Å²) < 4.78 is 68.0. The molecular weight excluding hydrogens is 1130 g/mol. The molecule has 5 atom stereocenters. The van der Waals surface area contributed by atoms with Gasteiger partial charge >= 0.3 is 39.5 Å². The third kappa shape index (κ3) is 60.7. The van der Waals surface area contributed by atoms with E-state index in [1.807, 2.05) is 0 Å². The van der Waals surface area contributed by atoms with Crippen LogP contribution >= 0.6 is 15.6 Å². The van der Waals surface area contributed by atoms with E-state index in [1.54, 1.807) is 0 Å². The summed E-state index contributed by atoms with van der Waals surface area (Å²) in [5, 5.41) is 10.5. The molecule has 0 aliphatic carbocycles. The van der Waals surface area contributed by atoms with Gasteiger partial charge in [0.05, 0.1) is 26.4 Å². The van der Waals surface area contributed by atoms with Gasteiger partial charge in [-0.1, -0.05) is 279 Å². The zero-order valence-electron chi connectivity index (χ0n) is 54.9. The summed E-state index contributed by atoms with van der Waals surface area (Å²) in [5.74, 6) is -0.649. The van der Waals surface area contributed by atoms with Crippen LogP contribution in [0.15, 0.2) is 0 Å². The molecule has 0 aliphatic heterocycles. The van der Waals surface area contributed by atoms with Gasteiger partial charge in [-0.05, 0) is 37.5 Å². The number of phosphoric ester groups is 2. The van der Waals surface area contributed by atoms with Crippen molar-refractivity contribution in [2.24, 2.45) is 11.8 Å². The summed E-state index contributed by atoms with van der Waals surface area (Å²) in [4.78, 5) is 72.3. The molecule has 0 radical (unpaired) electrons. The summed E-state index contributed by atoms with van der Waals surface area (Å²) in [6.45, 7) is 9.45. The lowest BCUT2D eigenvalue weighted by molar-refractivity contribution is -0.161. The average Bonchev–Trinajstić information content (AvgIpc) is 3.54. The first-order valence-electron chi connectivity index (χ1n) is 34.5. The van der Waals surface area contributed by atoms with Crippen LogP contribution in [0.25, 0.3) is 0 Å². The van der Waals surface area contributed by atoms with Gasteiger partial charge in [-0.15, -0.1) is 0 Å². The normalized spacial score (nSPS) is 14.2. The van der Waals surface area contributed by atoms with Gasteiger partial charge in [-0.25, -0.2) is 9.13 Å². The number of rotatable bonds is 65. The topological polar surface area (TPSA) is 237 Å². The van der Waals surface area contributed by atoms with Gasteiger partial charge in [0.15, 0.2) is 12.2 Å². The number of hydrogen-bond donors (Lipinski definition) is 3. The van der Waals surface area contributed by atoms with E-state index >= 15 is 0 Å². The van der Waals surface area contributed by atoms with Crippen LogP contribution in [0.5, 0.6) is 0 Å². The van der Waals surface area contributed by atoms with Gasteiger partial charge in [0.2, 0.25) is 0 Å². The molecule has 0 aromatic heterocycles. The second-order valence-corrected chi connectivity index (χ2v) is 27.7. The van der Waals surface area contributed by atoms with E-state index in [0.29, 0.717) is 25.7 Å². The molecule has 0 spiro atoms. The standard InChI is InChI=1S/C66H128O17P2/c1-7-9-11-13-15-17-18-21-24-31-37-43-49-64(69)77-55-62(82-65(70)50-44-38-32-25-22-19-20-23-28-34-40-46-58(3)4)57-81-85(74,75)79-53-60(67)52-78-84(72,73)80-56-61(54-76-63(68)48-42-36-30-16-14-12-10-8-2)83-66(71)51-45-39-33-27-26-29-35-41-47-59(5)6/h58-62,67H,7-57H2,1-6H3,(H,72,73)(H,74,75)/t60-,61+,62+/m0/s1. The first-order chi connectivity index (χ1) is 40.9. The minimum Gasteiger partial charge on any atom is -0.462 e. The second kappa shape index (κ2) is 58.4. The summed E-state index contributed by atoms with van der Waals surface area (Å²) in [5.41, 5.74) is 0. The lowest BCUT2D eigenvalue weighted by Crippen LogP contribution is -2.30. The summed E-state index contributed by atoms with van der Waals surface area (Å²) in [7, 11) is -9.89. The number of ether oxygens (including phenoxy) is 4. The molecule has 0 saturated heterocycles. The maximum absolute atomic E-state index is 13.0. The van der Waals surface area contributed by atoms with Gasteiger partial charge in [0.25, 0.3) is 0 Å². The van der Waals surface area contributed by atoms with Crippen LogP contribution in [0.3, 0.4) is 0 Å². The SMILES string of the molecule is CCCCCCCCCCCCCCC(=O)OC[C@H](COP(=O)(O)OC[C@@H](O)COP(=O)(O)OC[C@@H](COC(=O)CCCCCCCCCC)OC(=O)CCCCCCCCCCC(C)C)OC(=O)CCCCCCCCCCCCCC(C)C. The predicted molar refractivity (Wildman–Crippen MR) is 340 cm³/mol. The molecule has 0 aromatic rings. The van der Waals surface area contributed by atoms with E-state index in [0.717, 1.165) is 108 Å². The van der Waals surface area contributed by atoms with Crippen molar-refractivity contribution >= 4 is 39.5 Å². The van der Waals surface area contributed by atoms with Crippen LogP contribution in [0, 0.1) is 11.8 Å². The highest BCUT2D eigenvalue weighted by Gasteiger charge is 2.30. The average molecular weight is 1260 g/mol. The van der Waals surface area contributed by atoms with Crippen molar-refractivity contribution in [1.29, 1.82) is 0 Å². The lowest BCUT2D eigenvalue weighted by atomic mass is 10.0. The minimum absolute atomic E-state index is 0.104. The smallest absolute Gasteiger partial charge is 0.462 e. The number of aliphatic hydroxyl groups excluding tert-OH is 1. The minimum atomic E-state index is -4.95. The Kier molecular flexibility index (Phi) is 57.1. The number of carbonyl (C=O) groups excluding carboxylic acids is 4. The molecule has 0 bridgehead atoms. The second-order valence-electron chi connectivity index (χ2n) is 24.8. The third-order valence-electron chi connectivity index (χ3n) is 15.2. The van der Waals surface area contributed by atoms with Gasteiger partial charge < -0.3 is 33.8 Å². The van der Waals surface area contributed by atoms with Crippen molar-refractivity contribution < 1.29 is 80.2 Å². The van der Waals surface area contributed by atoms with Crippen LogP contribution in [0.4, 0.5) is 0 Å². The lowest BCUT2D eigenvalue weighted by Gasteiger charge is -2.21. The Morgan fingerprint density at radius 3 is 0.800 bits per heavy atom. The molecular formula is C66H128O17P2. The summed E-state index contributed by atoms with van der Waals surface area (Å²) in [6.07, 6.45) is 41.7. The Bertz CT molecular complexity index is 1670. The Morgan fingerprint density at radius 2 is 0.541 bits per heavy atom. The fraction of sp³-hybridized carbons (Fsp3) is 0.939. The van der Waals surface area contributed by atoms with Gasteiger partial charge in [0, 0.05) is 25.7 Å². The molecule has 19 heteroatoms. The Morgan fingerprint density at radius 1 is 0.318 bits per heavy atom. The maximum atomic E-state index is 13.0. The van der Waals surface area contributed by atoms with Crippen LogP contribution in [0.2, 0.25) is 0 Å². The highest BCUT2D eigenvalue weighted by atomic mass is 31.2. The first kappa shape index (κ1) is 83.1. The molecule has 0 amide bonds. The first-order valence-corrected chi connectivity index (χ1v) is 37.5. The van der Waals surface area contributed by atoms with Crippen molar-refractivity contribution in [3.8, 4) is 0 Å². The number of aliphatic hydroxyl groups is 1. The van der Waals surface area contributed by atoms with Crippen LogP contribution < -0.4 is 0 Å². The van der Waals surface area contributed by atoms with Gasteiger partial charge in [0.1, 0.15) is 19.3 Å². The maximum Gasteiger partial charge on any atom is 0.472 e. The number of unbranched alkanes of at least 4 members (excludes halogenated alkanes) is 35. The highest BCUT2D eigenvalue weighted by Crippen LogP contribution is 2.45. The largest absolute Gasteiger partial charge is 0.472 e. The number of esters is 4. The molecule has 0 fully saturated rings. The fourth-order valence-electron chi connectivity index (χ4n) is 9.88. The molecule has 0 aliphatic rings. The molecule has 0 rings (SSSR count). The monoisotopic (exact) mass is 1250 g/mol. The summed E-state index contributed by atoms with van der Waals surface area (Å²) >= 11 is 0. The molecule has 17 nitrogen and oxygen atoms in total. The molecule has 2 unspecified atom stereocenters. The van der Waals surface area contributed by atoms with E-state index in [1.165, 1.54) is 141 Å². The molecule has 504 valence electrons. The number of carbonyl (C=O) groups is 4. The van der Waals surface area contributed by atoms with Gasteiger partial charge in [-0.2, -0.15) is 0 Å².